The molecule has 3 fully saturated rings. The Hall–Kier alpha value is 0.390. The fraction of sp³-hybridized carbons (Fsp3) is 1.00. The highest BCUT2D eigenvalue weighted by atomic mass is 35.5. The number of nitrogens with one attached hydrogen (secondary N) is 1. The molecule has 6 heteroatoms. The van der Waals surface area contributed by atoms with Crippen molar-refractivity contribution >= 4 is 32.1 Å². The van der Waals surface area contributed by atoms with E-state index < -0.39 is 20.5 Å². The lowest BCUT2D eigenvalue weighted by molar-refractivity contribution is 0.388. The molecule has 3 aliphatic rings. The first-order valence-electron chi connectivity index (χ1n) is 11.9. The number of alkyl halides is 1. The third kappa shape index (κ3) is 23.9. The summed E-state index contributed by atoms with van der Waals surface area (Å²) >= 11 is 5.68. The van der Waals surface area contributed by atoms with Crippen LogP contribution in [0.3, 0.4) is 0 Å². The van der Waals surface area contributed by atoms with Crippen molar-refractivity contribution in [2.45, 2.75) is 126 Å². The Labute approximate surface area is 218 Å². The van der Waals surface area contributed by atoms with Gasteiger partial charge in [-0.2, -0.15) is 0 Å². The molecule has 0 spiro atoms. The molecule has 0 aromatic carbocycles. The summed E-state index contributed by atoms with van der Waals surface area (Å²) in [6, 6.07) is 0. The van der Waals surface area contributed by atoms with Gasteiger partial charge in [0.1, 0.15) is 0 Å². The molecule has 3 rings (SSSR count). The minimum absolute atomic E-state index is 0. The summed E-state index contributed by atoms with van der Waals surface area (Å²) < 4.78 is 29.2. The molecular formula is C27H62ClNO2S2. The highest BCUT2D eigenvalue weighted by Gasteiger charge is 2.16. The fourth-order valence-electron chi connectivity index (χ4n) is 4.83. The van der Waals surface area contributed by atoms with Gasteiger partial charge in [-0.15, -0.1) is 11.6 Å². The molecule has 2 unspecified atom stereocenters. The molecule has 0 aromatic heterocycles. The molecule has 0 heterocycles. The lowest BCUT2D eigenvalue weighted by Crippen LogP contribution is -2.16. The highest BCUT2D eigenvalue weighted by Crippen LogP contribution is 2.25. The fourth-order valence-corrected chi connectivity index (χ4v) is 7.37. The smallest absolute Gasteiger partial charge is 0.0415 e. The van der Waals surface area contributed by atoms with E-state index in [0.717, 1.165) is 23.5 Å². The summed E-state index contributed by atoms with van der Waals surface area (Å²) in [5, 5.41) is 0. The van der Waals surface area contributed by atoms with Gasteiger partial charge in [-0.3, -0.25) is 13.2 Å². The maximum atomic E-state index is 11.1. The molecule has 206 valence electrons. The van der Waals surface area contributed by atoms with Crippen molar-refractivity contribution in [3.8, 4) is 0 Å². The van der Waals surface area contributed by atoms with Crippen LogP contribution in [0.25, 0.3) is 0 Å². The quantitative estimate of drug-likeness (QED) is 0.359. The van der Waals surface area contributed by atoms with Crippen molar-refractivity contribution in [3.63, 3.8) is 0 Å². The van der Waals surface area contributed by atoms with Crippen LogP contribution in [0.15, 0.2) is 0 Å². The molecule has 0 aromatic rings. The van der Waals surface area contributed by atoms with Crippen molar-refractivity contribution < 1.29 is 8.42 Å². The van der Waals surface area contributed by atoms with Crippen LogP contribution in [0, 0.1) is 22.5 Å². The number of hydrogen-bond acceptors (Lipinski definition) is 3. The van der Waals surface area contributed by atoms with Crippen molar-refractivity contribution in [2.24, 2.45) is 17.8 Å². The van der Waals surface area contributed by atoms with Crippen LogP contribution < -0.4 is 0 Å². The van der Waals surface area contributed by atoms with Crippen LogP contribution in [-0.4, -0.2) is 38.3 Å². The highest BCUT2D eigenvalue weighted by molar-refractivity contribution is 7.91. The first-order chi connectivity index (χ1) is 13.8. The average molecular weight is 532 g/mol. The second kappa shape index (κ2) is 24.1. The summed E-state index contributed by atoms with van der Waals surface area (Å²) in [6.07, 6.45) is 23.4. The maximum Gasteiger partial charge on any atom is 0.0415 e. The third-order valence-electron chi connectivity index (χ3n) is 6.42. The van der Waals surface area contributed by atoms with Gasteiger partial charge in [0, 0.05) is 50.4 Å². The van der Waals surface area contributed by atoms with Crippen LogP contribution in [0.2, 0.25) is 0 Å². The SMILES string of the molecule is C.C.C.C.CS(=N)(=O)CC1CCCCC1.CS(=O)CC1CCCCC1.ClCC1CCCCC1. The van der Waals surface area contributed by atoms with Gasteiger partial charge >= 0.3 is 0 Å². The summed E-state index contributed by atoms with van der Waals surface area (Å²) in [6.45, 7) is 0. The Morgan fingerprint density at radius 1 is 0.727 bits per heavy atom. The van der Waals surface area contributed by atoms with Gasteiger partial charge in [0.25, 0.3) is 0 Å². The molecule has 0 aliphatic heterocycles. The standard InChI is InChI=1S/C8H17NOS.C8H16OS.C7H13Cl.4CH4/c1-11(9,10)7-8-5-3-2-4-6-8;1-10(9)7-8-5-3-2-4-6-8;8-6-7-4-2-1-3-5-7;;;;/h8-9H,2-7H2,1H3;8H,2-7H2,1H3;7H,1-6H2;4*1H4. The lowest BCUT2D eigenvalue weighted by Gasteiger charge is -2.20. The Bertz CT molecular complexity index is 522. The molecule has 0 amide bonds. The van der Waals surface area contributed by atoms with Gasteiger partial charge < -0.3 is 0 Å². The van der Waals surface area contributed by atoms with E-state index in [4.69, 9.17) is 16.4 Å². The lowest BCUT2D eigenvalue weighted by atomic mass is 9.91. The van der Waals surface area contributed by atoms with Gasteiger partial charge in [0.2, 0.25) is 0 Å². The molecule has 3 nitrogen and oxygen atoms in total. The zero-order chi connectivity index (χ0) is 21.5. The van der Waals surface area contributed by atoms with E-state index in [1.54, 1.807) is 6.26 Å². The average Bonchev–Trinajstić information content (AvgIpc) is 2.69. The van der Waals surface area contributed by atoms with Crippen LogP contribution in [-0.2, 0) is 20.5 Å². The first kappa shape index (κ1) is 40.6. The summed E-state index contributed by atoms with van der Waals surface area (Å²) in [5.74, 6) is 4.68. The first-order valence-corrected chi connectivity index (χ1v) is 16.3. The zero-order valence-corrected chi connectivity index (χ0v) is 21.4. The van der Waals surface area contributed by atoms with E-state index in [0.29, 0.717) is 11.7 Å². The van der Waals surface area contributed by atoms with Crippen molar-refractivity contribution in [3.05, 3.63) is 0 Å². The molecule has 1 N–H and O–H groups in total. The number of rotatable bonds is 5. The van der Waals surface area contributed by atoms with Crippen LogP contribution >= 0.6 is 11.6 Å². The van der Waals surface area contributed by atoms with Crippen LogP contribution in [0.1, 0.15) is 126 Å². The Morgan fingerprint density at radius 2 is 1.06 bits per heavy atom. The van der Waals surface area contributed by atoms with E-state index in [2.05, 4.69) is 0 Å². The summed E-state index contributed by atoms with van der Waals surface area (Å²) in [4.78, 5) is 0. The van der Waals surface area contributed by atoms with Crippen LogP contribution in [0.5, 0.6) is 0 Å². The zero-order valence-electron chi connectivity index (χ0n) is 19.0. The number of hydrogen-bond donors (Lipinski definition) is 1. The largest absolute Gasteiger partial charge is 0.260 e. The van der Waals surface area contributed by atoms with Gasteiger partial charge in [-0.05, 0) is 56.3 Å². The van der Waals surface area contributed by atoms with E-state index in [9.17, 15) is 8.42 Å². The predicted octanol–water partition coefficient (Wildman–Crippen LogP) is 9.54. The molecule has 33 heavy (non-hydrogen) atoms. The monoisotopic (exact) mass is 531 g/mol. The molecule has 0 saturated heterocycles. The summed E-state index contributed by atoms with van der Waals surface area (Å²) in [5.41, 5.74) is 0. The molecule has 0 bridgehead atoms. The molecule has 3 saturated carbocycles. The normalized spacial score (nSPS) is 21.9. The van der Waals surface area contributed by atoms with Gasteiger partial charge in [-0.1, -0.05) is 87.5 Å². The van der Waals surface area contributed by atoms with E-state index in [-0.39, 0.29) is 29.7 Å². The van der Waals surface area contributed by atoms with Gasteiger partial charge in [0.15, 0.2) is 0 Å². The van der Waals surface area contributed by atoms with Gasteiger partial charge in [-0.25, -0.2) is 0 Å². The molecule has 2 atom stereocenters. The third-order valence-corrected chi connectivity index (χ3v) is 8.90. The second-order valence-electron chi connectivity index (χ2n) is 9.58. The number of halogens is 1. The minimum atomic E-state index is -2.22. The Morgan fingerprint density at radius 3 is 1.33 bits per heavy atom. The molecule has 0 radical (unpaired) electrons. The van der Waals surface area contributed by atoms with Gasteiger partial charge in [0.05, 0.1) is 0 Å². The Kier molecular flexibility index (Phi) is 29.6. The second-order valence-corrected chi connectivity index (χ2v) is 13.7. The van der Waals surface area contributed by atoms with Crippen molar-refractivity contribution in [2.75, 3.05) is 29.9 Å². The topological polar surface area (TPSA) is 58.0 Å². The predicted molar refractivity (Wildman–Crippen MR) is 158 cm³/mol. The van der Waals surface area contributed by atoms with E-state index in [1.807, 2.05) is 6.26 Å². The van der Waals surface area contributed by atoms with Crippen molar-refractivity contribution in [1.82, 2.24) is 0 Å². The van der Waals surface area contributed by atoms with E-state index in [1.165, 1.54) is 96.3 Å². The maximum absolute atomic E-state index is 11.1. The summed E-state index contributed by atoms with van der Waals surface area (Å²) in [7, 11) is -2.79. The molecular weight excluding hydrogens is 470 g/mol. The van der Waals surface area contributed by atoms with Crippen LogP contribution in [0.4, 0.5) is 0 Å². The molecule has 3 aliphatic carbocycles. The Balaban J connectivity index is -0.000000182. The van der Waals surface area contributed by atoms with Crippen molar-refractivity contribution in [1.29, 1.82) is 4.78 Å². The van der Waals surface area contributed by atoms with E-state index >= 15 is 0 Å². The minimum Gasteiger partial charge on any atom is -0.260 e.